The van der Waals surface area contributed by atoms with E-state index >= 15 is 0 Å². The molecule has 0 aliphatic rings. The fourth-order valence-electron chi connectivity index (χ4n) is 3.04. The highest BCUT2D eigenvalue weighted by molar-refractivity contribution is 7.22. The Morgan fingerprint density at radius 2 is 1.77 bits per heavy atom. The molecule has 2 aromatic heterocycles. The predicted molar refractivity (Wildman–Crippen MR) is 117 cm³/mol. The highest BCUT2D eigenvalue weighted by atomic mass is 32.1. The van der Waals surface area contributed by atoms with Gasteiger partial charge in [0.15, 0.2) is 0 Å². The van der Waals surface area contributed by atoms with Gasteiger partial charge in [0.05, 0.1) is 26.1 Å². The molecule has 2 aromatic carbocycles. The number of hydrogen-bond acceptors (Lipinski definition) is 6. The summed E-state index contributed by atoms with van der Waals surface area (Å²) in [5.74, 6) is 0.752. The molecule has 4 aromatic rings. The van der Waals surface area contributed by atoms with Crippen molar-refractivity contribution in [1.29, 1.82) is 0 Å². The van der Waals surface area contributed by atoms with Crippen LogP contribution < -0.4 is 20.3 Å². The Bertz CT molecular complexity index is 1240. The van der Waals surface area contributed by atoms with Crippen molar-refractivity contribution in [2.75, 3.05) is 19.5 Å². The Labute approximate surface area is 176 Å². The number of carbonyl (C=O) groups is 1. The van der Waals surface area contributed by atoms with E-state index in [4.69, 9.17) is 9.47 Å². The van der Waals surface area contributed by atoms with Crippen molar-refractivity contribution in [2.24, 2.45) is 0 Å². The van der Waals surface area contributed by atoms with E-state index in [1.807, 2.05) is 36.4 Å². The smallest absolute Gasteiger partial charge is 0.271 e. The first-order valence-electron chi connectivity index (χ1n) is 9.14. The molecule has 0 saturated carbocycles. The molecule has 1 amide bonds. The Hall–Kier alpha value is -3.65. The van der Waals surface area contributed by atoms with Gasteiger partial charge in [0.2, 0.25) is 5.91 Å². The Morgan fingerprint density at radius 1 is 1.07 bits per heavy atom. The molecule has 7 nitrogen and oxygen atoms in total. The topological polar surface area (TPSA) is 82.5 Å². The maximum atomic E-state index is 12.9. The average Bonchev–Trinajstić information content (AvgIpc) is 3.21. The molecule has 0 radical (unpaired) electrons. The largest absolute Gasteiger partial charge is 0.497 e. The third kappa shape index (κ3) is 4.04. The van der Waals surface area contributed by atoms with Crippen LogP contribution in [0.1, 0.15) is 0 Å². The highest BCUT2D eigenvalue weighted by Gasteiger charge is 2.13. The zero-order chi connectivity index (χ0) is 21.1. The third-order valence-electron chi connectivity index (χ3n) is 4.51. The van der Waals surface area contributed by atoms with Crippen LogP contribution in [0.25, 0.3) is 20.7 Å². The van der Waals surface area contributed by atoms with Crippen molar-refractivity contribution in [3.63, 3.8) is 0 Å². The number of nitrogens with one attached hydrogen (secondary N) is 1. The molecule has 30 heavy (non-hydrogen) atoms. The van der Waals surface area contributed by atoms with Crippen LogP contribution in [0.4, 0.5) is 5.69 Å². The Balaban J connectivity index is 1.57. The molecule has 152 valence electrons. The van der Waals surface area contributed by atoms with Gasteiger partial charge in [-0.1, -0.05) is 30.3 Å². The number of hydrogen-bond donors (Lipinski definition) is 1. The molecule has 0 aliphatic heterocycles. The van der Waals surface area contributed by atoms with E-state index < -0.39 is 0 Å². The second-order valence-electron chi connectivity index (χ2n) is 6.52. The number of ether oxygens (including phenoxy) is 2. The van der Waals surface area contributed by atoms with Crippen LogP contribution in [0.5, 0.6) is 11.5 Å². The van der Waals surface area contributed by atoms with Gasteiger partial charge in [-0.3, -0.25) is 14.2 Å². The van der Waals surface area contributed by atoms with Crippen LogP contribution in [-0.2, 0) is 11.3 Å². The fraction of sp³-hybridized carbons (Fsp3) is 0.136. The van der Waals surface area contributed by atoms with E-state index in [2.05, 4.69) is 10.3 Å². The van der Waals surface area contributed by atoms with Gasteiger partial charge in [0.25, 0.3) is 5.56 Å². The van der Waals surface area contributed by atoms with E-state index in [9.17, 15) is 9.59 Å². The van der Waals surface area contributed by atoms with Crippen LogP contribution in [0.2, 0.25) is 0 Å². The summed E-state index contributed by atoms with van der Waals surface area (Å²) in [6.07, 6.45) is 1.40. The lowest BCUT2D eigenvalue weighted by Gasteiger charge is -2.10. The van der Waals surface area contributed by atoms with Gasteiger partial charge in [-0.05, 0) is 11.6 Å². The van der Waals surface area contributed by atoms with Crippen molar-refractivity contribution >= 4 is 33.1 Å². The molecule has 1 N–H and O–H groups in total. The second-order valence-corrected chi connectivity index (χ2v) is 7.57. The number of thiophene rings is 1. The maximum Gasteiger partial charge on any atom is 0.271 e. The molecule has 0 unspecified atom stereocenters. The van der Waals surface area contributed by atoms with E-state index in [1.165, 1.54) is 36.5 Å². The SMILES string of the molecule is COc1cc(NC(=O)Cn2cnc3cc(-c4ccccc4)sc3c2=O)cc(OC)c1. The lowest BCUT2D eigenvalue weighted by atomic mass is 10.2. The van der Waals surface area contributed by atoms with Crippen molar-refractivity contribution in [3.8, 4) is 21.9 Å². The van der Waals surface area contributed by atoms with Crippen molar-refractivity contribution in [3.05, 3.63) is 71.3 Å². The summed E-state index contributed by atoms with van der Waals surface area (Å²) < 4.78 is 12.2. The van der Waals surface area contributed by atoms with Crippen molar-refractivity contribution < 1.29 is 14.3 Å². The van der Waals surface area contributed by atoms with Crippen LogP contribution >= 0.6 is 11.3 Å². The summed E-state index contributed by atoms with van der Waals surface area (Å²) in [5.41, 5.74) is 1.92. The standard InChI is InChI=1S/C22H19N3O4S/c1-28-16-8-15(9-17(10-16)29-2)24-20(26)12-25-13-23-18-11-19(30-21(18)22(25)27)14-6-4-3-5-7-14/h3-11,13H,12H2,1-2H3,(H,24,26). The summed E-state index contributed by atoms with van der Waals surface area (Å²) >= 11 is 1.37. The van der Waals surface area contributed by atoms with Crippen molar-refractivity contribution in [1.82, 2.24) is 9.55 Å². The van der Waals surface area contributed by atoms with Crippen LogP contribution in [0, 0.1) is 0 Å². The van der Waals surface area contributed by atoms with Crippen LogP contribution in [-0.4, -0.2) is 29.7 Å². The molecule has 2 heterocycles. The number of aromatic nitrogens is 2. The Morgan fingerprint density at radius 3 is 2.43 bits per heavy atom. The molecular formula is C22H19N3O4S. The van der Waals surface area contributed by atoms with E-state index in [-0.39, 0.29) is 18.0 Å². The minimum atomic E-state index is -0.353. The first-order valence-corrected chi connectivity index (χ1v) is 9.96. The van der Waals surface area contributed by atoms with Crippen LogP contribution in [0.3, 0.4) is 0 Å². The summed E-state index contributed by atoms with van der Waals surface area (Å²) in [5, 5.41) is 2.76. The number of methoxy groups -OCH3 is 2. The molecule has 0 bridgehead atoms. The van der Waals surface area contributed by atoms with Gasteiger partial charge in [-0.25, -0.2) is 4.98 Å². The van der Waals surface area contributed by atoms with Crippen LogP contribution in [0.15, 0.2) is 65.7 Å². The lowest BCUT2D eigenvalue weighted by Crippen LogP contribution is -2.27. The predicted octanol–water partition coefficient (Wildman–Crippen LogP) is 3.78. The van der Waals surface area contributed by atoms with E-state index in [0.29, 0.717) is 27.4 Å². The average molecular weight is 421 g/mol. The fourth-order valence-corrected chi connectivity index (χ4v) is 4.10. The zero-order valence-corrected chi connectivity index (χ0v) is 17.2. The number of amides is 1. The van der Waals surface area contributed by atoms with Gasteiger partial charge >= 0.3 is 0 Å². The van der Waals surface area contributed by atoms with Gasteiger partial charge < -0.3 is 14.8 Å². The van der Waals surface area contributed by atoms with Crippen molar-refractivity contribution in [2.45, 2.75) is 6.54 Å². The summed E-state index contributed by atoms with van der Waals surface area (Å²) in [4.78, 5) is 30.7. The van der Waals surface area contributed by atoms with E-state index in [0.717, 1.165) is 10.4 Å². The second kappa shape index (κ2) is 8.38. The first kappa shape index (κ1) is 19.7. The minimum Gasteiger partial charge on any atom is -0.497 e. The number of anilines is 1. The molecule has 0 aliphatic carbocycles. The number of fused-ring (bicyclic) bond motifs is 1. The summed E-state index contributed by atoms with van der Waals surface area (Å²) in [7, 11) is 3.07. The highest BCUT2D eigenvalue weighted by Crippen LogP contribution is 2.30. The third-order valence-corrected chi connectivity index (χ3v) is 5.67. The molecular weight excluding hydrogens is 402 g/mol. The first-order chi connectivity index (χ1) is 14.6. The number of benzene rings is 2. The van der Waals surface area contributed by atoms with Gasteiger partial charge in [0.1, 0.15) is 22.7 Å². The molecule has 0 atom stereocenters. The molecule has 0 spiro atoms. The number of nitrogens with zero attached hydrogens (tertiary/aromatic N) is 2. The summed E-state index contributed by atoms with van der Waals surface area (Å²) in [6.45, 7) is -0.153. The van der Waals surface area contributed by atoms with E-state index in [1.54, 1.807) is 18.2 Å². The number of rotatable bonds is 6. The number of carbonyl (C=O) groups excluding carboxylic acids is 1. The monoisotopic (exact) mass is 421 g/mol. The molecule has 4 rings (SSSR count). The normalized spacial score (nSPS) is 10.7. The Kier molecular flexibility index (Phi) is 5.49. The zero-order valence-electron chi connectivity index (χ0n) is 16.4. The molecule has 8 heteroatoms. The summed E-state index contributed by atoms with van der Waals surface area (Å²) in [6, 6.07) is 16.8. The lowest BCUT2D eigenvalue weighted by molar-refractivity contribution is -0.116. The maximum absolute atomic E-state index is 12.9. The molecule has 0 fully saturated rings. The van der Waals surface area contributed by atoms with Gasteiger partial charge in [-0.2, -0.15) is 0 Å². The van der Waals surface area contributed by atoms with Gasteiger partial charge in [-0.15, -0.1) is 11.3 Å². The quantitative estimate of drug-likeness (QED) is 0.512. The minimum absolute atomic E-state index is 0.153. The molecule has 0 saturated heterocycles. The van der Waals surface area contributed by atoms with Gasteiger partial charge in [0, 0.05) is 28.8 Å².